The minimum absolute atomic E-state index is 0.206. The van der Waals surface area contributed by atoms with Crippen LogP contribution in [0.25, 0.3) is 16.6 Å². The van der Waals surface area contributed by atoms with Gasteiger partial charge in [0.15, 0.2) is 0 Å². The molecule has 1 unspecified atom stereocenters. The summed E-state index contributed by atoms with van der Waals surface area (Å²) in [5.41, 5.74) is 0.927. The van der Waals surface area contributed by atoms with Crippen molar-refractivity contribution in [3.05, 3.63) is 94.0 Å². The number of amides is 2. The monoisotopic (exact) mass is 524 g/mol. The first-order valence-electron chi connectivity index (χ1n) is 12.0. The van der Waals surface area contributed by atoms with Gasteiger partial charge in [-0.25, -0.2) is 9.78 Å². The average molecular weight is 525 g/mol. The highest BCUT2D eigenvalue weighted by molar-refractivity contribution is 5.89. The van der Waals surface area contributed by atoms with Gasteiger partial charge in [0.05, 0.1) is 35.3 Å². The maximum absolute atomic E-state index is 13.8. The number of nitrogens with one attached hydrogen (secondary N) is 1. The number of aromatic nitrogens is 2. The molecule has 7 nitrogen and oxygen atoms in total. The average Bonchev–Trinajstić information content (AvgIpc) is 2.88. The molecule has 0 aliphatic heterocycles. The van der Waals surface area contributed by atoms with E-state index < -0.39 is 23.8 Å². The van der Waals surface area contributed by atoms with Crippen LogP contribution in [0.2, 0.25) is 0 Å². The lowest BCUT2D eigenvalue weighted by Crippen LogP contribution is -2.39. The normalized spacial score (nSPS) is 12.3. The second-order valence-corrected chi connectivity index (χ2v) is 8.77. The lowest BCUT2D eigenvalue weighted by molar-refractivity contribution is -0.137. The number of nitrogens with zero attached hydrogens (tertiary/aromatic N) is 3. The molecular formula is C28H27F3N4O3. The van der Waals surface area contributed by atoms with Crippen molar-refractivity contribution in [3.8, 4) is 11.4 Å². The van der Waals surface area contributed by atoms with Gasteiger partial charge in [0.2, 0.25) is 0 Å². The fourth-order valence-electron chi connectivity index (χ4n) is 4.31. The van der Waals surface area contributed by atoms with Crippen LogP contribution < -0.4 is 15.6 Å². The molecule has 0 aliphatic carbocycles. The van der Waals surface area contributed by atoms with E-state index in [1.165, 1.54) is 28.7 Å². The van der Waals surface area contributed by atoms with Crippen molar-refractivity contribution in [3.63, 3.8) is 0 Å². The van der Waals surface area contributed by atoms with Crippen LogP contribution >= 0.6 is 0 Å². The van der Waals surface area contributed by atoms with Gasteiger partial charge in [-0.1, -0.05) is 18.2 Å². The summed E-state index contributed by atoms with van der Waals surface area (Å²) in [5, 5.41) is 3.05. The lowest BCUT2D eigenvalue weighted by Gasteiger charge is -2.30. The number of carbonyl (C=O) groups is 1. The van der Waals surface area contributed by atoms with E-state index in [0.29, 0.717) is 28.2 Å². The summed E-state index contributed by atoms with van der Waals surface area (Å²) < 4.78 is 45.8. The predicted molar refractivity (Wildman–Crippen MR) is 140 cm³/mol. The van der Waals surface area contributed by atoms with Crippen LogP contribution in [0.1, 0.15) is 36.8 Å². The number of methoxy groups -OCH3 is 1. The summed E-state index contributed by atoms with van der Waals surface area (Å²) in [6.45, 7) is 5.63. The van der Waals surface area contributed by atoms with Gasteiger partial charge < -0.3 is 15.0 Å². The molecule has 0 saturated carbocycles. The van der Waals surface area contributed by atoms with Crippen LogP contribution in [0.3, 0.4) is 0 Å². The number of hydrogen-bond acceptors (Lipinski definition) is 4. The molecule has 0 bridgehead atoms. The number of alkyl halides is 3. The van der Waals surface area contributed by atoms with E-state index in [2.05, 4.69) is 5.32 Å². The van der Waals surface area contributed by atoms with Crippen LogP contribution in [0.4, 0.5) is 23.7 Å². The van der Waals surface area contributed by atoms with Gasteiger partial charge in [-0.05, 0) is 74.9 Å². The van der Waals surface area contributed by atoms with E-state index in [4.69, 9.17) is 9.72 Å². The molecule has 38 heavy (non-hydrogen) atoms. The molecule has 198 valence electrons. The number of anilines is 1. The van der Waals surface area contributed by atoms with E-state index in [-0.39, 0.29) is 17.8 Å². The number of aryl methyl sites for hydroxylation is 1. The van der Waals surface area contributed by atoms with Gasteiger partial charge in [0, 0.05) is 12.2 Å². The SMILES string of the molecule is CCN(C(=O)Nc1ccc(C(F)(F)F)cc1)C(C)c1nc2ccccc2c(=O)n1-c1cc(C)ccc1OC. The van der Waals surface area contributed by atoms with Crippen molar-refractivity contribution >= 4 is 22.6 Å². The van der Waals surface area contributed by atoms with Crippen LogP contribution in [0.5, 0.6) is 5.75 Å². The Bertz CT molecular complexity index is 1530. The molecule has 4 aromatic rings. The van der Waals surface area contributed by atoms with Crippen LogP contribution in [-0.4, -0.2) is 34.1 Å². The van der Waals surface area contributed by atoms with E-state index in [0.717, 1.165) is 17.7 Å². The third kappa shape index (κ3) is 5.20. The molecule has 1 N–H and O–H groups in total. The molecule has 1 aromatic heterocycles. The molecule has 0 spiro atoms. The number of para-hydroxylation sites is 1. The van der Waals surface area contributed by atoms with Crippen LogP contribution in [0.15, 0.2) is 71.5 Å². The first kappa shape index (κ1) is 26.7. The molecule has 2 amide bonds. The number of fused-ring (bicyclic) bond motifs is 1. The summed E-state index contributed by atoms with van der Waals surface area (Å²) >= 11 is 0. The van der Waals surface area contributed by atoms with Crippen molar-refractivity contribution in [1.82, 2.24) is 14.5 Å². The minimum atomic E-state index is -4.48. The quantitative estimate of drug-likeness (QED) is 0.320. The largest absolute Gasteiger partial charge is 0.495 e. The summed E-state index contributed by atoms with van der Waals surface area (Å²) in [6.07, 6.45) is -4.48. The van der Waals surface area contributed by atoms with Crippen LogP contribution in [0, 0.1) is 6.92 Å². The molecule has 0 fully saturated rings. The molecular weight excluding hydrogens is 497 g/mol. The van der Waals surface area contributed by atoms with Crippen molar-refractivity contribution < 1.29 is 22.7 Å². The number of benzene rings is 3. The fourth-order valence-corrected chi connectivity index (χ4v) is 4.31. The Hall–Kier alpha value is -4.34. The zero-order valence-corrected chi connectivity index (χ0v) is 21.3. The number of hydrogen-bond donors (Lipinski definition) is 1. The van der Waals surface area contributed by atoms with E-state index >= 15 is 0 Å². The number of carbonyl (C=O) groups excluding carboxylic acids is 1. The zero-order chi connectivity index (χ0) is 27.6. The Morgan fingerprint density at radius 2 is 1.79 bits per heavy atom. The highest BCUT2D eigenvalue weighted by Crippen LogP contribution is 2.31. The molecule has 1 heterocycles. The first-order chi connectivity index (χ1) is 18.0. The predicted octanol–water partition coefficient (Wildman–Crippen LogP) is 6.34. The minimum Gasteiger partial charge on any atom is -0.495 e. The number of rotatable bonds is 6. The number of urea groups is 1. The zero-order valence-electron chi connectivity index (χ0n) is 21.3. The van der Waals surface area contributed by atoms with Crippen molar-refractivity contribution in [1.29, 1.82) is 0 Å². The maximum Gasteiger partial charge on any atom is 0.416 e. The fraction of sp³-hybridized carbons (Fsp3) is 0.250. The van der Waals surface area contributed by atoms with E-state index in [1.807, 2.05) is 19.1 Å². The molecule has 0 saturated heterocycles. The molecule has 10 heteroatoms. The number of halogens is 3. The molecule has 1 atom stereocenters. The first-order valence-corrected chi connectivity index (χ1v) is 12.0. The summed E-state index contributed by atoms with van der Waals surface area (Å²) in [6, 6.07) is 15.3. The summed E-state index contributed by atoms with van der Waals surface area (Å²) in [5.74, 6) is 0.766. The Kier molecular flexibility index (Phi) is 7.43. The van der Waals surface area contributed by atoms with Gasteiger partial charge in [-0.2, -0.15) is 13.2 Å². The van der Waals surface area contributed by atoms with Crippen molar-refractivity contribution in [2.75, 3.05) is 19.0 Å². The van der Waals surface area contributed by atoms with Crippen LogP contribution in [-0.2, 0) is 6.18 Å². The van der Waals surface area contributed by atoms with E-state index in [1.54, 1.807) is 44.2 Å². The Labute approximate surface area is 217 Å². The van der Waals surface area contributed by atoms with Crippen molar-refractivity contribution in [2.24, 2.45) is 0 Å². The van der Waals surface area contributed by atoms with Crippen molar-refractivity contribution in [2.45, 2.75) is 33.0 Å². The standard InChI is InChI=1S/C28H27F3N4O3/c1-5-34(27(37)32-20-13-11-19(12-14-20)28(29,30)31)18(3)25-33-22-9-7-6-8-21(22)26(36)35(25)23-16-17(2)10-15-24(23)38-4/h6-16,18H,5H2,1-4H3,(H,32,37). The van der Waals surface area contributed by atoms with Gasteiger partial charge in [-0.3, -0.25) is 9.36 Å². The third-order valence-electron chi connectivity index (χ3n) is 6.28. The van der Waals surface area contributed by atoms with Gasteiger partial charge in [-0.15, -0.1) is 0 Å². The second-order valence-electron chi connectivity index (χ2n) is 8.77. The Morgan fingerprint density at radius 3 is 2.42 bits per heavy atom. The molecule has 4 rings (SSSR count). The Morgan fingerprint density at radius 1 is 1.11 bits per heavy atom. The summed E-state index contributed by atoms with van der Waals surface area (Å²) in [4.78, 5) is 33.3. The third-order valence-corrected chi connectivity index (χ3v) is 6.28. The molecule has 0 radical (unpaired) electrons. The molecule has 0 aliphatic rings. The topological polar surface area (TPSA) is 76.5 Å². The maximum atomic E-state index is 13.8. The highest BCUT2D eigenvalue weighted by Gasteiger charge is 2.30. The van der Waals surface area contributed by atoms with Gasteiger partial charge in [0.1, 0.15) is 11.6 Å². The number of ether oxygens (including phenoxy) is 1. The lowest BCUT2D eigenvalue weighted by atomic mass is 10.1. The Balaban J connectivity index is 1.79. The highest BCUT2D eigenvalue weighted by atomic mass is 19.4. The smallest absolute Gasteiger partial charge is 0.416 e. The van der Waals surface area contributed by atoms with Gasteiger partial charge in [0.25, 0.3) is 5.56 Å². The van der Waals surface area contributed by atoms with E-state index in [9.17, 15) is 22.8 Å². The summed E-state index contributed by atoms with van der Waals surface area (Å²) in [7, 11) is 1.51. The molecule has 3 aromatic carbocycles. The second kappa shape index (κ2) is 10.6. The van der Waals surface area contributed by atoms with Gasteiger partial charge >= 0.3 is 12.2 Å².